The first-order valence-corrected chi connectivity index (χ1v) is 7.62. The van der Waals surface area contributed by atoms with E-state index >= 15 is 0 Å². The van der Waals surface area contributed by atoms with Crippen LogP contribution in [0.25, 0.3) is 16.8 Å². The Bertz CT molecular complexity index is 782. The molecular formula is C18H19NO5. The smallest absolute Gasteiger partial charge is 0.306 e. The molecule has 2 aromatic carbocycles. The summed E-state index contributed by atoms with van der Waals surface area (Å²) in [6, 6.07) is 11.1. The highest BCUT2D eigenvalue weighted by Crippen LogP contribution is 2.26. The Hall–Kier alpha value is -2.89. The molecule has 0 radical (unpaired) electrons. The van der Waals surface area contributed by atoms with Gasteiger partial charge in [-0.1, -0.05) is 24.3 Å². The molecule has 2 rings (SSSR count). The Morgan fingerprint density at radius 1 is 1.25 bits per heavy atom. The summed E-state index contributed by atoms with van der Waals surface area (Å²) in [5.41, 5.74) is 0.706. The zero-order chi connectivity index (χ0) is 17.5. The van der Waals surface area contributed by atoms with Crippen molar-refractivity contribution in [3.05, 3.63) is 57.8 Å². The maximum Gasteiger partial charge on any atom is 0.306 e. The summed E-state index contributed by atoms with van der Waals surface area (Å²) in [5, 5.41) is 13.1. The zero-order valence-electron chi connectivity index (χ0n) is 13.7. The van der Waals surface area contributed by atoms with Gasteiger partial charge in [0, 0.05) is 12.5 Å². The molecule has 0 unspecified atom stereocenters. The molecule has 0 aliphatic carbocycles. The summed E-state index contributed by atoms with van der Waals surface area (Å²) in [5.74, 6) is 0.286. The monoisotopic (exact) mass is 329 g/mol. The lowest BCUT2D eigenvalue weighted by molar-refractivity contribution is -0.426. The second kappa shape index (κ2) is 8.10. The number of benzene rings is 2. The fourth-order valence-electron chi connectivity index (χ4n) is 2.40. The van der Waals surface area contributed by atoms with Crippen molar-refractivity contribution < 1.29 is 19.2 Å². The molecule has 2 aromatic rings. The minimum absolute atomic E-state index is 0.0146. The van der Waals surface area contributed by atoms with Gasteiger partial charge in [0.15, 0.2) is 0 Å². The number of hydrogen-bond acceptors (Lipinski definition) is 5. The molecule has 0 heterocycles. The minimum atomic E-state index is -0.457. The third-order valence-electron chi connectivity index (χ3n) is 3.57. The van der Waals surface area contributed by atoms with E-state index in [2.05, 4.69) is 0 Å². The molecule has 0 amide bonds. The highest BCUT2D eigenvalue weighted by molar-refractivity contribution is 5.91. The van der Waals surface area contributed by atoms with Crippen LogP contribution >= 0.6 is 0 Å². The van der Waals surface area contributed by atoms with Crippen molar-refractivity contribution in [2.75, 3.05) is 13.7 Å². The Kier molecular flexibility index (Phi) is 5.89. The summed E-state index contributed by atoms with van der Waals surface area (Å²) in [7, 11) is 1.59. The van der Waals surface area contributed by atoms with E-state index in [-0.39, 0.29) is 25.1 Å². The van der Waals surface area contributed by atoms with E-state index in [1.54, 1.807) is 14.0 Å². The van der Waals surface area contributed by atoms with Crippen LogP contribution in [0, 0.1) is 10.1 Å². The molecule has 0 spiro atoms. The van der Waals surface area contributed by atoms with Gasteiger partial charge in [0.2, 0.25) is 5.70 Å². The average molecular weight is 329 g/mol. The average Bonchev–Trinajstić information content (AvgIpc) is 2.58. The summed E-state index contributed by atoms with van der Waals surface area (Å²) >= 11 is 0. The lowest BCUT2D eigenvalue weighted by Gasteiger charge is -2.06. The van der Waals surface area contributed by atoms with Crippen molar-refractivity contribution in [2.45, 2.75) is 19.8 Å². The Labute approximate surface area is 139 Å². The molecule has 0 aromatic heterocycles. The molecule has 6 nitrogen and oxygen atoms in total. The maximum atomic E-state index is 11.4. The van der Waals surface area contributed by atoms with Crippen LogP contribution in [-0.4, -0.2) is 24.6 Å². The van der Waals surface area contributed by atoms with Gasteiger partial charge in [-0.05, 0) is 35.4 Å². The molecule has 0 fully saturated rings. The first-order chi connectivity index (χ1) is 11.5. The molecule has 24 heavy (non-hydrogen) atoms. The Morgan fingerprint density at radius 3 is 2.71 bits per heavy atom. The number of allylic oxidation sites excluding steroid dienone is 1. The van der Waals surface area contributed by atoms with Crippen molar-refractivity contribution in [2.24, 2.45) is 0 Å². The van der Waals surface area contributed by atoms with Crippen LogP contribution in [0.3, 0.4) is 0 Å². The van der Waals surface area contributed by atoms with Crippen molar-refractivity contribution in [1.29, 1.82) is 0 Å². The van der Waals surface area contributed by atoms with Crippen molar-refractivity contribution in [3.63, 3.8) is 0 Å². The number of rotatable bonds is 7. The van der Waals surface area contributed by atoms with Crippen LogP contribution < -0.4 is 4.74 Å². The van der Waals surface area contributed by atoms with Crippen molar-refractivity contribution >= 4 is 22.8 Å². The standard InChI is InChI=1S/C18H19NO5/c1-3-24-18(20)10-7-15(19(21)22)11-13-5-4-6-14-12-16(23-2)8-9-17(13)14/h4-6,8-9,11-12H,3,7,10H2,1-2H3/b15-11+. The van der Waals surface area contributed by atoms with Gasteiger partial charge in [-0.2, -0.15) is 0 Å². The molecule has 0 bridgehead atoms. The number of carbonyl (C=O) groups excluding carboxylic acids is 1. The zero-order valence-corrected chi connectivity index (χ0v) is 13.7. The second-order valence-corrected chi connectivity index (χ2v) is 5.13. The number of fused-ring (bicyclic) bond motifs is 1. The number of hydrogen-bond donors (Lipinski definition) is 0. The van der Waals surface area contributed by atoms with E-state index in [0.29, 0.717) is 0 Å². The third-order valence-corrected chi connectivity index (χ3v) is 3.57. The number of nitro groups is 1. The van der Waals surface area contributed by atoms with Crippen molar-refractivity contribution in [3.8, 4) is 5.75 Å². The quantitative estimate of drug-likeness (QED) is 0.438. The lowest BCUT2D eigenvalue weighted by Crippen LogP contribution is -2.07. The summed E-state index contributed by atoms with van der Waals surface area (Å²) < 4.78 is 10.0. The van der Waals surface area contributed by atoms with E-state index in [1.807, 2.05) is 36.4 Å². The Balaban J connectivity index is 2.33. The number of esters is 1. The number of nitrogens with zero attached hydrogens (tertiary/aromatic N) is 1. The molecule has 126 valence electrons. The predicted octanol–water partition coefficient (Wildman–Crippen LogP) is 3.81. The molecule has 0 saturated carbocycles. The summed E-state index contributed by atoms with van der Waals surface area (Å²) in [6.45, 7) is 1.97. The van der Waals surface area contributed by atoms with E-state index < -0.39 is 10.9 Å². The van der Waals surface area contributed by atoms with Gasteiger partial charge in [0.05, 0.1) is 25.1 Å². The number of ether oxygens (including phenoxy) is 2. The lowest BCUT2D eigenvalue weighted by atomic mass is 10.0. The molecule has 0 saturated heterocycles. The highest BCUT2D eigenvalue weighted by atomic mass is 16.6. The normalized spacial score (nSPS) is 11.3. The number of methoxy groups -OCH3 is 1. The number of carbonyl (C=O) groups is 1. The fraction of sp³-hybridized carbons (Fsp3) is 0.278. The van der Waals surface area contributed by atoms with Crippen LogP contribution in [-0.2, 0) is 9.53 Å². The van der Waals surface area contributed by atoms with Gasteiger partial charge >= 0.3 is 5.97 Å². The molecule has 0 aliphatic rings. The van der Waals surface area contributed by atoms with Crippen LogP contribution in [0.1, 0.15) is 25.3 Å². The minimum Gasteiger partial charge on any atom is -0.497 e. The van der Waals surface area contributed by atoms with Crippen LogP contribution in [0.2, 0.25) is 0 Å². The SMILES string of the molecule is CCOC(=O)CC/C(=C\c1cccc2cc(OC)ccc12)[N+](=O)[O-]. The largest absolute Gasteiger partial charge is 0.497 e. The predicted molar refractivity (Wildman–Crippen MR) is 91.3 cm³/mol. The van der Waals surface area contributed by atoms with Gasteiger partial charge in [-0.15, -0.1) is 0 Å². The van der Waals surface area contributed by atoms with E-state index in [0.717, 1.165) is 22.1 Å². The topological polar surface area (TPSA) is 78.7 Å². The maximum absolute atomic E-state index is 11.4. The van der Waals surface area contributed by atoms with Crippen LogP contribution in [0.4, 0.5) is 0 Å². The summed E-state index contributed by atoms with van der Waals surface area (Å²) in [6.07, 6.45) is 1.52. The van der Waals surface area contributed by atoms with E-state index in [4.69, 9.17) is 9.47 Å². The molecule has 6 heteroatoms. The van der Waals surface area contributed by atoms with Crippen LogP contribution in [0.15, 0.2) is 42.1 Å². The summed E-state index contributed by atoms with van der Waals surface area (Å²) in [4.78, 5) is 22.2. The first-order valence-electron chi connectivity index (χ1n) is 7.62. The van der Waals surface area contributed by atoms with Gasteiger partial charge in [-0.25, -0.2) is 0 Å². The highest BCUT2D eigenvalue weighted by Gasteiger charge is 2.15. The van der Waals surface area contributed by atoms with Crippen LogP contribution in [0.5, 0.6) is 5.75 Å². The Morgan fingerprint density at radius 2 is 2.04 bits per heavy atom. The molecule has 0 atom stereocenters. The first kappa shape index (κ1) is 17.5. The fourth-order valence-corrected chi connectivity index (χ4v) is 2.40. The van der Waals surface area contributed by atoms with Gasteiger partial charge in [-0.3, -0.25) is 14.9 Å². The van der Waals surface area contributed by atoms with Crippen molar-refractivity contribution in [1.82, 2.24) is 0 Å². The molecule has 0 N–H and O–H groups in total. The molecular weight excluding hydrogens is 310 g/mol. The van der Waals surface area contributed by atoms with Gasteiger partial charge in [0.1, 0.15) is 5.75 Å². The third kappa shape index (κ3) is 4.32. The van der Waals surface area contributed by atoms with E-state index in [9.17, 15) is 14.9 Å². The van der Waals surface area contributed by atoms with E-state index in [1.165, 1.54) is 6.08 Å². The van der Waals surface area contributed by atoms with Gasteiger partial charge < -0.3 is 9.47 Å². The second-order valence-electron chi connectivity index (χ2n) is 5.13. The molecule has 0 aliphatic heterocycles. The van der Waals surface area contributed by atoms with Gasteiger partial charge in [0.25, 0.3) is 0 Å².